The van der Waals surface area contributed by atoms with Gasteiger partial charge in [-0.1, -0.05) is 0 Å². The van der Waals surface area contributed by atoms with Crippen molar-refractivity contribution in [3.05, 3.63) is 0 Å². The molecule has 0 rings (SSSR count). The molecule has 0 aromatic carbocycles. The van der Waals surface area contributed by atoms with Crippen molar-refractivity contribution in [3.8, 4) is 0 Å². The predicted octanol–water partition coefficient (Wildman–Crippen LogP) is -8.55. The van der Waals surface area contributed by atoms with Crippen molar-refractivity contribution in [2.75, 3.05) is 12.4 Å². The summed E-state index contributed by atoms with van der Waals surface area (Å²) in [6, 6.07) is 0. The molecule has 0 saturated heterocycles. The van der Waals surface area contributed by atoms with Crippen molar-refractivity contribution in [2.45, 2.75) is 5.25 Å². The Bertz CT molecular complexity index is 332. The fourth-order valence-electron chi connectivity index (χ4n) is 0.455. The summed E-state index contributed by atoms with van der Waals surface area (Å²) in [5.74, 6) is -1.39. The SMILES string of the molecule is O=S(=O)([O-])CC(CO)S(=O)(=O)[O-].[K+].[K+]. The number of hydrogen-bond acceptors (Lipinski definition) is 7. The zero-order valence-electron chi connectivity index (χ0n) is 7.70. The molecule has 74 valence electrons. The molecule has 0 aliphatic rings. The topological polar surface area (TPSA) is 135 Å². The first-order valence-corrected chi connectivity index (χ1v) is 5.71. The van der Waals surface area contributed by atoms with Crippen LogP contribution in [-0.2, 0) is 20.2 Å². The van der Waals surface area contributed by atoms with Crippen LogP contribution in [0.4, 0.5) is 0 Å². The molecule has 0 saturated carbocycles. The van der Waals surface area contributed by atoms with E-state index >= 15 is 0 Å². The molecular formula is C3H6K2O7S2. The summed E-state index contributed by atoms with van der Waals surface area (Å²) in [5, 5.41) is 6.17. The smallest absolute Gasteiger partial charge is 0.748 e. The molecule has 0 bridgehead atoms. The number of aliphatic hydroxyl groups is 1. The molecule has 0 aliphatic carbocycles. The minimum atomic E-state index is -4.93. The van der Waals surface area contributed by atoms with E-state index in [2.05, 4.69) is 0 Å². The predicted molar refractivity (Wildman–Crippen MR) is 35.1 cm³/mol. The van der Waals surface area contributed by atoms with Gasteiger partial charge in [-0.25, -0.2) is 16.8 Å². The van der Waals surface area contributed by atoms with E-state index in [1.165, 1.54) is 0 Å². The van der Waals surface area contributed by atoms with Gasteiger partial charge in [-0.15, -0.1) is 0 Å². The summed E-state index contributed by atoms with van der Waals surface area (Å²) >= 11 is 0. The van der Waals surface area contributed by atoms with Crippen LogP contribution in [0.25, 0.3) is 0 Å². The van der Waals surface area contributed by atoms with Gasteiger partial charge in [0.2, 0.25) is 0 Å². The molecule has 0 aliphatic heterocycles. The summed E-state index contributed by atoms with van der Waals surface area (Å²) in [6.45, 7) is -1.17. The quantitative estimate of drug-likeness (QED) is 0.402. The summed E-state index contributed by atoms with van der Waals surface area (Å²) in [4.78, 5) is 0. The molecule has 1 unspecified atom stereocenters. The molecule has 0 fully saturated rings. The Hall–Kier alpha value is 3.05. The number of rotatable bonds is 4. The molecule has 7 nitrogen and oxygen atoms in total. The molecule has 0 aromatic rings. The van der Waals surface area contributed by atoms with Crippen LogP contribution in [0.1, 0.15) is 0 Å². The number of aliphatic hydroxyl groups excluding tert-OH is 1. The maximum atomic E-state index is 10.1. The minimum absolute atomic E-state index is 0. The van der Waals surface area contributed by atoms with Crippen LogP contribution >= 0.6 is 0 Å². The Kier molecular flexibility index (Phi) is 14.4. The maximum absolute atomic E-state index is 10.1. The third-order valence-corrected chi connectivity index (χ3v) is 3.16. The van der Waals surface area contributed by atoms with Gasteiger partial charge in [0.1, 0.15) is 10.1 Å². The van der Waals surface area contributed by atoms with E-state index in [1.54, 1.807) is 0 Å². The summed E-state index contributed by atoms with van der Waals surface area (Å²) in [7, 11) is -9.74. The summed E-state index contributed by atoms with van der Waals surface area (Å²) in [6.07, 6.45) is 0. The zero-order valence-corrected chi connectivity index (χ0v) is 15.6. The zero-order chi connectivity index (χ0) is 9.99. The first-order chi connectivity index (χ1) is 5.17. The van der Waals surface area contributed by atoms with Crippen molar-refractivity contribution in [3.63, 3.8) is 0 Å². The van der Waals surface area contributed by atoms with Gasteiger partial charge < -0.3 is 14.2 Å². The van der Waals surface area contributed by atoms with Crippen LogP contribution < -0.4 is 103 Å². The van der Waals surface area contributed by atoms with Gasteiger partial charge in [-0.05, 0) is 0 Å². The molecular weight excluding hydrogens is 290 g/mol. The Morgan fingerprint density at radius 2 is 1.43 bits per heavy atom. The monoisotopic (exact) mass is 296 g/mol. The van der Waals surface area contributed by atoms with Crippen molar-refractivity contribution in [1.82, 2.24) is 0 Å². The van der Waals surface area contributed by atoms with E-state index in [-0.39, 0.29) is 103 Å². The van der Waals surface area contributed by atoms with E-state index in [1.807, 2.05) is 0 Å². The average Bonchev–Trinajstić information content (AvgIpc) is 1.78. The van der Waals surface area contributed by atoms with Crippen LogP contribution in [0.2, 0.25) is 0 Å². The first kappa shape index (κ1) is 22.3. The Labute approximate surface area is 167 Å². The Morgan fingerprint density at radius 1 is 1.07 bits per heavy atom. The van der Waals surface area contributed by atoms with Crippen LogP contribution in [0.5, 0.6) is 0 Å². The molecule has 0 heterocycles. The molecule has 14 heavy (non-hydrogen) atoms. The summed E-state index contributed by atoms with van der Waals surface area (Å²) < 4.78 is 60.3. The average molecular weight is 296 g/mol. The molecule has 1 atom stereocenters. The standard InChI is InChI=1S/C3H8O7S2.2K/c4-1-3(12(8,9)10)2-11(5,6)7;;/h3-4H,1-2H2,(H,5,6,7)(H,8,9,10);;/q;2*+1/p-2. The largest absolute Gasteiger partial charge is 1.00 e. The molecule has 11 heteroatoms. The van der Waals surface area contributed by atoms with Gasteiger partial charge in [0, 0.05) is 0 Å². The normalized spacial score (nSPS) is 13.6. The van der Waals surface area contributed by atoms with E-state index in [4.69, 9.17) is 5.11 Å². The van der Waals surface area contributed by atoms with Gasteiger partial charge in [0.05, 0.1) is 27.7 Å². The molecule has 0 radical (unpaired) electrons. The van der Waals surface area contributed by atoms with Gasteiger partial charge in [0.25, 0.3) is 0 Å². The van der Waals surface area contributed by atoms with Crippen molar-refractivity contribution >= 4 is 20.2 Å². The molecule has 0 spiro atoms. The van der Waals surface area contributed by atoms with E-state index in [0.29, 0.717) is 0 Å². The Balaban J connectivity index is -0.000000605. The minimum Gasteiger partial charge on any atom is -0.748 e. The van der Waals surface area contributed by atoms with E-state index in [9.17, 15) is 25.9 Å². The summed E-state index contributed by atoms with van der Waals surface area (Å²) in [5.41, 5.74) is 0. The van der Waals surface area contributed by atoms with Gasteiger partial charge >= 0.3 is 103 Å². The maximum Gasteiger partial charge on any atom is 1.00 e. The van der Waals surface area contributed by atoms with E-state index in [0.717, 1.165) is 0 Å². The second kappa shape index (κ2) is 9.05. The van der Waals surface area contributed by atoms with E-state index < -0.39 is 37.8 Å². The molecule has 1 N–H and O–H groups in total. The fourth-order valence-corrected chi connectivity index (χ4v) is 2.36. The van der Waals surface area contributed by atoms with Crippen LogP contribution in [-0.4, -0.2) is 48.7 Å². The van der Waals surface area contributed by atoms with Gasteiger partial charge in [0.15, 0.2) is 0 Å². The third-order valence-electron chi connectivity index (χ3n) is 1.00. The molecule has 0 amide bonds. The fraction of sp³-hybridized carbons (Fsp3) is 1.00. The van der Waals surface area contributed by atoms with Crippen molar-refractivity contribution < 1.29 is 134 Å². The van der Waals surface area contributed by atoms with Crippen molar-refractivity contribution in [2.24, 2.45) is 0 Å². The van der Waals surface area contributed by atoms with Crippen LogP contribution in [0.15, 0.2) is 0 Å². The second-order valence-corrected chi connectivity index (χ2v) is 5.12. The van der Waals surface area contributed by atoms with Crippen LogP contribution in [0.3, 0.4) is 0 Å². The third kappa shape index (κ3) is 11.5. The van der Waals surface area contributed by atoms with Gasteiger partial charge in [-0.3, -0.25) is 0 Å². The van der Waals surface area contributed by atoms with Crippen molar-refractivity contribution in [1.29, 1.82) is 0 Å². The Morgan fingerprint density at radius 3 is 1.50 bits per heavy atom. The number of hydrogen-bond donors (Lipinski definition) is 1. The first-order valence-electron chi connectivity index (χ1n) is 2.66. The van der Waals surface area contributed by atoms with Crippen LogP contribution in [0, 0.1) is 0 Å². The molecule has 0 aromatic heterocycles. The second-order valence-electron chi connectivity index (χ2n) is 2.02. The van der Waals surface area contributed by atoms with Gasteiger partial charge in [-0.2, -0.15) is 0 Å².